The predicted octanol–water partition coefficient (Wildman–Crippen LogP) is 0.333. The maximum absolute atomic E-state index is 5.27. The van der Waals surface area contributed by atoms with Gasteiger partial charge in [0.15, 0.2) is 5.82 Å². The predicted molar refractivity (Wildman–Crippen MR) is 82.3 cm³/mol. The topological polar surface area (TPSA) is 66.7 Å². The van der Waals surface area contributed by atoms with Crippen LogP contribution in [0.1, 0.15) is 25.1 Å². The highest BCUT2D eigenvalue weighted by molar-refractivity contribution is 4.89. The summed E-state index contributed by atoms with van der Waals surface area (Å²) < 4.78 is 10.3. The van der Waals surface area contributed by atoms with Gasteiger partial charge in [0.1, 0.15) is 6.61 Å². The fourth-order valence-electron chi connectivity index (χ4n) is 3.38. The Hall–Kier alpha value is -1.02. The fraction of sp³-hybridized carbons (Fsp3) is 0.867. The molecule has 0 radical (unpaired) electrons. The van der Waals surface area contributed by atoms with Crippen LogP contribution < -0.4 is 5.32 Å². The molecule has 0 aromatic carbocycles. The Morgan fingerprint density at radius 1 is 1.27 bits per heavy atom. The molecule has 22 heavy (non-hydrogen) atoms. The normalized spacial score (nSPS) is 27.5. The van der Waals surface area contributed by atoms with Gasteiger partial charge in [-0.05, 0) is 18.4 Å². The van der Waals surface area contributed by atoms with Gasteiger partial charge in [0, 0.05) is 46.4 Å². The maximum Gasteiger partial charge on any atom is 0.240 e. The second-order valence-corrected chi connectivity index (χ2v) is 6.83. The first-order chi connectivity index (χ1) is 10.7. The van der Waals surface area contributed by atoms with Gasteiger partial charge in [-0.1, -0.05) is 12.1 Å². The molecule has 1 aromatic rings. The standard InChI is InChI=1S/C15H27N5O2/c1-15(3-4-16-11-15)12-20-7-5-19(6-8-20)9-14-17-13(10-21-2)18-22-14/h16H,3-12H2,1-2H3. The zero-order chi connectivity index (χ0) is 15.4. The van der Waals surface area contributed by atoms with Gasteiger partial charge in [0.2, 0.25) is 5.89 Å². The second-order valence-electron chi connectivity index (χ2n) is 6.83. The summed E-state index contributed by atoms with van der Waals surface area (Å²) in [6, 6.07) is 0. The molecule has 124 valence electrons. The summed E-state index contributed by atoms with van der Waals surface area (Å²) in [6.07, 6.45) is 1.29. The lowest BCUT2D eigenvalue weighted by Crippen LogP contribution is -2.49. The van der Waals surface area contributed by atoms with Crippen molar-refractivity contribution in [1.29, 1.82) is 0 Å². The van der Waals surface area contributed by atoms with Crippen LogP contribution in [0.2, 0.25) is 0 Å². The zero-order valence-electron chi connectivity index (χ0n) is 13.7. The van der Waals surface area contributed by atoms with Gasteiger partial charge in [0.25, 0.3) is 0 Å². The van der Waals surface area contributed by atoms with Gasteiger partial charge < -0.3 is 19.5 Å². The van der Waals surface area contributed by atoms with Gasteiger partial charge in [-0.2, -0.15) is 4.98 Å². The maximum atomic E-state index is 5.27. The van der Waals surface area contributed by atoms with Crippen molar-refractivity contribution in [3.05, 3.63) is 11.7 Å². The SMILES string of the molecule is COCc1noc(CN2CCN(CC3(C)CCNC3)CC2)n1. The summed E-state index contributed by atoms with van der Waals surface area (Å²) >= 11 is 0. The smallest absolute Gasteiger partial charge is 0.240 e. The number of rotatable bonds is 6. The Morgan fingerprint density at radius 2 is 2.05 bits per heavy atom. The van der Waals surface area contributed by atoms with E-state index in [9.17, 15) is 0 Å². The molecule has 2 fully saturated rings. The van der Waals surface area contributed by atoms with Crippen LogP contribution in [0.3, 0.4) is 0 Å². The number of nitrogens with zero attached hydrogens (tertiary/aromatic N) is 4. The fourth-order valence-corrected chi connectivity index (χ4v) is 3.38. The summed E-state index contributed by atoms with van der Waals surface area (Å²) in [5, 5.41) is 7.39. The molecule has 0 amide bonds. The number of methoxy groups -OCH3 is 1. The van der Waals surface area contributed by atoms with Crippen LogP contribution in [0.15, 0.2) is 4.52 Å². The minimum absolute atomic E-state index is 0.407. The van der Waals surface area contributed by atoms with E-state index in [4.69, 9.17) is 9.26 Å². The summed E-state index contributed by atoms with van der Waals surface area (Å²) in [5.74, 6) is 1.31. The van der Waals surface area contributed by atoms with Gasteiger partial charge >= 0.3 is 0 Å². The molecule has 1 aromatic heterocycles. The first-order valence-corrected chi connectivity index (χ1v) is 8.13. The summed E-state index contributed by atoms with van der Waals surface area (Å²) in [4.78, 5) is 9.32. The van der Waals surface area contributed by atoms with Gasteiger partial charge in [0.05, 0.1) is 6.54 Å². The van der Waals surface area contributed by atoms with E-state index in [2.05, 4.69) is 32.2 Å². The number of hydrogen-bond acceptors (Lipinski definition) is 7. The highest BCUT2D eigenvalue weighted by Gasteiger charge is 2.31. The van der Waals surface area contributed by atoms with E-state index < -0.39 is 0 Å². The van der Waals surface area contributed by atoms with Gasteiger partial charge in [-0.15, -0.1) is 0 Å². The number of hydrogen-bond donors (Lipinski definition) is 1. The third-order valence-electron chi connectivity index (χ3n) is 4.67. The Balaban J connectivity index is 1.43. The van der Waals surface area contributed by atoms with E-state index in [1.165, 1.54) is 13.0 Å². The Kier molecular flexibility index (Phi) is 5.07. The van der Waals surface area contributed by atoms with Crippen molar-refractivity contribution in [1.82, 2.24) is 25.3 Å². The van der Waals surface area contributed by atoms with E-state index in [1.54, 1.807) is 7.11 Å². The van der Waals surface area contributed by atoms with Crippen LogP contribution in [-0.2, 0) is 17.9 Å². The molecule has 2 saturated heterocycles. The molecular formula is C15H27N5O2. The minimum atomic E-state index is 0.407. The molecule has 7 nitrogen and oxygen atoms in total. The van der Waals surface area contributed by atoms with Crippen molar-refractivity contribution >= 4 is 0 Å². The number of piperazine rings is 1. The van der Waals surface area contributed by atoms with E-state index in [0.29, 0.717) is 23.7 Å². The zero-order valence-corrected chi connectivity index (χ0v) is 13.7. The number of ether oxygens (including phenoxy) is 1. The largest absolute Gasteiger partial charge is 0.377 e. The van der Waals surface area contributed by atoms with Crippen molar-refractivity contribution in [2.75, 3.05) is 52.9 Å². The van der Waals surface area contributed by atoms with Crippen molar-refractivity contribution in [2.24, 2.45) is 5.41 Å². The molecule has 1 unspecified atom stereocenters. The highest BCUT2D eigenvalue weighted by Crippen LogP contribution is 2.26. The van der Waals surface area contributed by atoms with Crippen LogP contribution in [0.5, 0.6) is 0 Å². The minimum Gasteiger partial charge on any atom is -0.377 e. The van der Waals surface area contributed by atoms with Crippen molar-refractivity contribution in [2.45, 2.75) is 26.5 Å². The average Bonchev–Trinajstić information content (AvgIpc) is 3.11. The Morgan fingerprint density at radius 3 is 2.73 bits per heavy atom. The van der Waals surface area contributed by atoms with Gasteiger partial charge in [-0.25, -0.2) is 0 Å². The molecule has 3 rings (SSSR count). The molecule has 0 saturated carbocycles. The Bertz CT molecular complexity index is 464. The highest BCUT2D eigenvalue weighted by atomic mass is 16.5. The molecule has 3 heterocycles. The third-order valence-corrected chi connectivity index (χ3v) is 4.67. The average molecular weight is 309 g/mol. The first-order valence-electron chi connectivity index (χ1n) is 8.13. The molecule has 0 aliphatic carbocycles. The number of nitrogens with one attached hydrogen (secondary N) is 1. The van der Waals surface area contributed by atoms with Crippen LogP contribution >= 0.6 is 0 Å². The van der Waals surface area contributed by atoms with E-state index >= 15 is 0 Å². The van der Waals surface area contributed by atoms with Crippen LogP contribution in [-0.4, -0.2) is 72.9 Å². The van der Waals surface area contributed by atoms with Crippen molar-refractivity contribution in [3.8, 4) is 0 Å². The third kappa shape index (κ3) is 4.04. The van der Waals surface area contributed by atoms with Crippen molar-refractivity contribution < 1.29 is 9.26 Å². The molecule has 0 spiro atoms. The molecule has 2 aliphatic rings. The molecule has 2 aliphatic heterocycles. The molecule has 1 atom stereocenters. The summed E-state index contributed by atoms with van der Waals surface area (Å²) in [6.45, 7) is 11.4. The van der Waals surface area contributed by atoms with E-state index in [1.807, 2.05) is 0 Å². The molecule has 7 heteroatoms. The quantitative estimate of drug-likeness (QED) is 0.812. The number of aromatic nitrogens is 2. The monoisotopic (exact) mass is 309 g/mol. The summed E-state index contributed by atoms with van der Waals surface area (Å²) in [7, 11) is 1.63. The lowest BCUT2D eigenvalue weighted by Gasteiger charge is -2.38. The van der Waals surface area contributed by atoms with Gasteiger partial charge in [-0.3, -0.25) is 4.90 Å². The Labute approximate surface area is 132 Å². The van der Waals surface area contributed by atoms with E-state index in [0.717, 1.165) is 45.8 Å². The molecule has 1 N–H and O–H groups in total. The van der Waals surface area contributed by atoms with Crippen LogP contribution in [0.4, 0.5) is 0 Å². The lowest BCUT2D eigenvalue weighted by molar-refractivity contribution is 0.0869. The summed E-state index contributed by atoms with van der Waals surface area (Å²) in [5.41, 5.74) is 0.448. The first kappa shape index (κ1) is 15.9. The van der Waals surface area contributed by atoms with E-state index in [-0.39, 0.29) is 0 Å². The molecule has 0 bridgehead atoms. The lowest BCUT2D eigenvalue weighted by atomic mass is 9.89. The van der Waals surface area contributed by atoms with Crippen LogP contribution in [0, 0.1) is 5.41 Å². The van der Waals surface area contributed by atoms with Crippen LogP contribution in [0.25, 0.3) is 0 Å². The van der Waals surface area contributed by atoms with Crippen molar-refractivity contribution in [3.63, 3.8) is 0 Å². The molecular weight excluding hydrogens is 282 g/mol. The second kappa shape index (κ2) is 7.04.